The molecule has 15 heavy (non-hydrogen) atoms. The number of allylic oxidation sites excluding steroid dienone is 4. The molecule has 3 aliphatic carbocycles. The Labute approximate surface area is 89.0 Å². The lowest BCUT2D eigenvalue weighted by Gasteiger charge is -2.37. The van der Waals surface area contributed by atoms with Crippen LogP contribution >= 0.6 is 0 Å². The van der Waals surface area contributed by atoms with E-state index >= 15 is 0 Å². The Morgan fingerprint density at radius 2 is 2.00 bits per heavy atom. The minimum Gasteiger partial charge on any atom is -0.300 e. The summed E-state index contributed by atoms with van der Waals surface area (Å²) in [6, 6.07) is 0. The summed E-state index contributed by atoms with van der Waals surface area (Å²) in [5, 5.41) is 0. The molecule has 2 heteroatoms. The highest BCUT2D eigenvalue weighted by molar-refractivity contribution is 5.96. The first-order chi connectivity index (χ1) is 7.25. The van der Waals surface area contributed by atoms with E-state index in [0.717, 1.165) is 12.8 Å². The normalized spacial score (nSPS) is 42.9. The number of hydrogen-bond acceptors (Lipinski definition) is 2. The van der Waals surface area contributed by atoms with Crippen LogP contribution < -0.4 is 0 Å². The monoisotopic (exact) mass is 202 g/mol. The highest BCUT2D eigenvalue weighted by atomic mass is 16.1. The maximum absolute atomic E-state index is 11.5. The first kappa shape index (κ1) is 9.08. The lowest BCUT2D eigenvalue weighted by Crippen LogP contribution is -2.35. The first-order valence-electron chi connectivity index (χ1n) is 5.68. The highest BCUT2D eigenvalue weighted by Crippen LogP contribution is 2.44. The quantitative estimate of drug-likeness (QED) is 0.562. The molecule has 78 valence electrons. The van der Waals surface area contributed by atoms with Gasteiger partial charge in [0.05, 0.1) is 0 Å². The zero-order valence-electron chi connectivity index (χ0n) is 8.56. The van der Waals surface area contributed by atoms with Crippen molar-refractivity contribution < 1.29 is 9.59 Å². The smallest absolute Gasteiger partial charge is 0.162 e. The Balaban J connectivity index is 1.93. The lowest BCUT2D eigenvalue weighted by atomic mass is 9.65. The van der Waals surface area contributed by atoms with Gasteiger partial charge in [0.15, 0.2) is 5.78 Å². The molecule has 0 aromatic carbocycles. The Kier molecular flexibility index (Phi) is 1.91. The summed E-state index contributed by atoms with van der Waals surface area (Å²) in [5.41, 5.74) is 0. The minimum absolute atomic E-state index is 0.0390. The molecule has 0 radical (unpaired) electrons. The van der Waals surface area contributed by atoms with Gasteiger partial charge in [-0.15, -0.1) is 0 Å². The third-order valence-electron chi connectivity index (χ3n) is 4.06. The highest BCUT2D eigenvalue weighted by Gasteiger charge is 2.42. The van der Waals surface area contributed by atoms with E-state index in [9.17, 15) is 9.59 Å². The Morgan fingerprint density at radius 3 is 2.87 bits per heavy atom. The van der Waals surface area contributed by atoms with Gasteiger partial charge in [0.2, 0.25) is 0 Å². The van der Waals surface area contributed by atoms with Crippen LogP contribution in [0.1, 0.15) is 19.3 Å². The molecule has 0 N–H and O–H groups in total. The average molecular weight is 202 g/mol. The van der Waals surface area contributed by atoms with Gasteiger partial charge in [0, 0.05) is 18.8 Å². The van der Waals surface area contributed by atoms with Gasteiger partial charge in [-0.25, -0.2) is 0 Å². The number of ketones is 2. The molecule has 0 unspecified atom stereocenters. The van der Waals surface area contributed by atoms with Crippen molar-refractivity contribution in [3.8, 4) is 0 Å². The van der Waals surface area contributed by atoms with Gasteiger partial charge in [-0.1, -0.05) is 18.2 Å². The molecule has 2 nitrogen and oxygen atoms in total. The van der Waals surface area contributed by atoms with E-state index in [0.29, 0.717) is 30.0 Å². The van der Waals surface area contributed by atoms with Gasteiger partial charge in [-0.3, -0.25) is 9.59 Å². The van der Waals surface area contributed by atoms with Gasteiger partial charge < -0.3 is 0 Å². The van der Waals surface area contributed by atoms with Crippen LogP contribution in [0.15, 0.2) is 24.3 Å². The fraction of sp³-hybridized carbons (Fsp3) is 0.538. The van der Waals surface area contributed by atoms with E-state index in [1.54, 1.807) is 6.08 Å². The fourth-order valence-electron chi connectivity index (χ4n) is 3.24. The van der Waals surface area contributed by atoms with Crippen LogP contribution in [-0.4, -0.2) is 11.6 Å². The van der Waals surface area contributed by atoms with E-state index in [1.807, 2.05) is 6.08 Å². The summed E-state index contributed by atoms with van der Waals surface area (Å²) in [5.74, 6) is 1.85. The number of hydrogen-bond donors (Lipinski definition) is 0. The van der Waals surface area contributed by atoms with E-state index < -0.39 is 0 Å². The van der Waals surface area contributed by atoms with Crippen LogP contribution in [0.5, 0.6) is 0 Å². The van der Waals surface area contributed by atoms with Gasteiger partial charge in [-0.05, 0) is 30.3 Å². The van der Waals surface area contributed by atoms with Crippen molar-refractivity contribution >= 4 is 11.6 Å². The number of carbonyl (C=O) groups is 2. The Morgan fingerprint density at radius 1 is 1.13 bits per heavy atom. The maximum atomic E-state index is 11.5. The average Bonchev–Trinajstić information content (AvgIpc) is 2.61. The Hall–Kier alpha value is -1.18. The SMILES string of the molecule is O=C1CC[C@@H]2C=C[C@H]3C(=O)C=C[C@H]3[C@@H]2C1. The van der Waals surface area contributed by atoms with Gasteiger partial charge in [0.25, 0.3) is 0 Å². The van der Waals surface area contributed by atoms with Crippen molar-refractivity contribution in [3.05, 3.63) is 24.3 Å². The zero-order chi connectivity index (χ0) is 10.4. The molecule has 0 spiro atoms. The predicted molar refractivity (Wildman–Crippen MR) is 56.1 cm³/mol. The molecule has 0 heterocycles. The summed E-state index contributed by atoms with van der Waals surface area (Å²) in [4.78, 5) is 23.0. The molecular formula is C13H14O2. The Bertz CT molecular complexity index is 378. The third kappa shape index (κ3) is 1.31. The van der Waals surface area contributed by atoms with Crippen molar-refractivity contribution in [2.75, 3.05) is 0 Å². The summed E-state index contributed by atoms with van der Waals surface area (Å²) >= 11 is 0. The van der Waals surface area contributed by atoms with E-state index in [1.165, 1.54) is 0 Å². The molecule has 3 rings (SSSR count). The molecule has 0 saturated heterocycles. The summed E-state index contributed by atoms with van der Waals surface area (Å²) < 4.78 is 0. The van der Waals surface area contributed by atoms with E-state index in [4.69, 9.17) is 0 Å². The van der Waals surface area contributed by atoms with Crippen molar-refractivity contribution in [1.29, 1.82) is 0 Å². The van der Waals surface area contributed by atoms with Gasteiger partial charge in [0.1, 0.15) is 5.78 Å². The van der Waals surface area contributed by atoms with E-state index in [2.05, 4.69) is 12.2 Å². The lowest BCUT2D eigenvalue weighted by molar-refractivity contribution is -0.124. The first-order valence-corrected chi connectivity index (χ1v) is 5.68. The maximum Gasteiger partial charge on any atom is 0.162 e. The molecule has 0 aliphatic heterocycles. The minimum atomic E-state index is 0.0390. The second kappa shape index (κ2) is 3.16. The van der Waals surface area contributed by atoms with E-state index in [-0.39, 0.29) is 11.7 Å². The molecule has 0 aromatic heterocycles. The molecule has 0 amide bonds. The topological polar surface area (TPSA) is 34.1 Å². The summed E-state index contributed by atoms with van der Waals surface area (Å²) in [6.45, 7) is 0. The predicted octanol–water partition coefficient (Wildman–Crippen LogP) is 1.91. The van der Waals surface area contributed by atoms with Crippen LogP contribution in [0.25, 0.3) is 0 Å². The molecule has 0 aromatic rings. The molecule has 3 aliphatic rings. The van der Waals surface area contributed by atoms with Crippen molar-refractivity contribution in [2.45, 2.75) is 19.3 Å². The summed E-state index contributed by atoms with van der Waals surface area (Å²) in [7, 11) is 0. The zero-order valence-corrected chi connectivity index (χ0v) is 8.56. The van der Waals surface area contributed by atoms with Crippen LogP contribution in [0.4, 0.5) is 0 Å². The van der Waals surface area contributed by atoms with Crippen LogP contribution in [-0.2, 0) is 9.59 Å². The third-order valence-corrected chi connectivity index (χ3v) is 4.06. The second-order valence-corrected chi connectivity index (χ2v) is 4.86. The number of Topliss-reactive ketones (excluding diaryl/α,β-unsaturated/α-hetero) is 1. The van der Waals surface area contributed by atoms with Crippen LogP contribution in [0, 0.1) is 23.7 Å². The molecule has 1 fully saturated rings. The van der Waals surface area contributed by atoms with Crippen LogP contribution in [0.3, 0.4) is 0 Å². The van der Waals surface area contributed by atoms with Crippen LogP contribution in [0.2, 0.25) is 0 Å². The molecule has 0 bridgehead atoms. The summed E-state index contributed by atoms with van der Waals surface area (Å²) in [6.07, 6.45) is 10.3. The molecule has 1 saturated carbocycles. The second-order valence-electron chi connectivity index (χ2n) is 4.86. The standard InChI is InChI=1S/C13H14O2/c14-9-3-1-8-2-4-11-10(12(8)7-9)5-6-13(11)15/h2,4-6,8,10-12H,1,3,7H2/t8-,10-,11-,12-/m1/s1. The van der Waals surface area contributed by atoms with Gasteiger partial charge >= 0.3 is 0 Å². The largest absolute Gasteiger partial charge is 0.300 e. The van der Waals surface area contributed by atoms with Crippen molar-refractivity contribution in [2.24, 2.45) is 23.7 Å². The number of carbonyl (C=O) groups excluding carboxylic acids is 2. The molecule has 4 atom stereocenters. The number of rotatable bonds is 0. The molecular weight excluding hydrogens is 188 g/mol. The number of fused-ring (bicyclic) bond motifs is 3. The van der Waals surface area contributed by atoms with Crippen molar-refractivity contribution in [3.63, 3.8) is 0 Å². The fourth-order valence-corrected chi connectivity index (χ4v) is 3.24. The van der Waals surface area contributed by atoms with Crippen molar-refractivity contribution in [1.82, 2.24) is 0 Å². The van der Waals surface area contributed by atoms with Gasteiger partial charge in [-0.2, -0.15) is 0 Å².